The molecule has 8 nitrogen and oxygen atoms in total. The maximum Gasteiger partial charge on any atom is 0.161 e. The van der Waals surface area contributed by atoms with Gasteiger partial charge in [-0.3, -0.25) is 10.2 Å². The van der Waals surface area contributed by atoms with E-state index in [0.717, 1.165) is 9.36 Å². The van der Waals surface area contributed by atoms with Crippen molar-refractivity contribution in [1.82, 2.24) is 19.6 Å². The number of aromatic amines is 2. The van der Waals surface area contributed by atoms with E-state index >= 15 is 0 Å². The molecule has 0 saturated heterocycles. The van der Waals surface area contributed by atoms with Gasteiger partial charge >= 0.3 is 69.5 Å². The summed E-state index contributed by atoms with van der Waals surface area (Å²) in [5.74, 6) is 0. The van der Waals surface area contributed by atoms with Crippen LogP contribution < -0.4 is 10.2 Å². The predicted octanol–water partition coefficient (Wildman–Crippen LogP) is 1.14. The van der Waals surface area contributed by atoms with Gasteiger partial charge in [0.15, 0.2) is 12.2 Å². The van der Waals surface area contributed by atoms with E-state index in [1.54, 1.807) is 8.87 Å². The molecule has 0 saturated carbocycles. The van der Waals surface area contributed by atoms with E-state index in [1.807, 2.05) is 0 Å². The number of aromatic nitrogens is 4. The fourth-order valence-corrected chi connectivity index (χ4v) is 5.41. The Morgan fingerprint density at radius 1 is 0.913 bits per heavy atom. The number of hydrogen-bond acceptors (Lipinski definition) is 4. The van der Waals surface area contributed by atoms with Crippen LogP contribution in [0.3, 0.4) is 0 Å². The van der Waals surface area contributed by atoms with Crippen molar-refractivity contribution in [3.63, 3.8) is 0 Å². The summed E-state index contributed by atoms with van der Waals surface area (Å²) in [6.45, 7) is 4.58. The second kappa shape index (κ2) is 14.0. The molecule has 2 aromatic rings. The van der Waals surface area contributed by atoms with E-state index in [2.05, 4.69) is 24.0 Å². The fraction of sp³-hybridized carbons (Fsp3) is 0.571. The average molecular weight is 431 g/mol. The molecule has 0 bridgehead atoms. The summed E-state index contributed by atoms with van der Waals surface area (Å²) in [6.07, 6.45) is 9.08. The first-order chi connectivity index (χ1) is 11.0. The molecule has 128 valence electrons. The van der Waals surface area contributed by atoms with Gasteiger partial charge in [0.1, 0.15) is 0 Å². The first-order valence-electron chi connectivity index (χ1n) is 7.59. The van der Waals surface area contributed by atoms with Gasteiger partial charge in [-0.05, 0) is 0 Å². The molecule has 0 spiro atoms. The number of nitrogens with zero attached hydrogens (tertiary/aromatic N) is 2. The maximum atomic E-state index is 9.68. The van der Waals surface area contributed by atoms with Gasteiger partial charge in [-0.2, -0.15) is 0 Å². The van der Waals surface area contributed by atoms with E-state index in [9.17, 15) is 19.8 Å². The first kappa shape index (κ1) is 21.4. The third kappa shape index (κ3) is 11.6. The number of carbonyl (C=O) groups excluding carboxylic acids is 2. The molecule has 2 heterocycles. The summed E-state index contributed by atoms with van der Waals surface area (Å²) in [7, 11) is 0. The molecule has 0 aliphatic carbocycles. The van der Waals surface area contributed by atoms with Gasteiger partial charge in [0.05, 0.1) is 0 Å². The zero-order valence-electron chi connectivity index (χ0n) is 13.6. The summed E-state index contributed by atoms with van der Waals surface area (Å²) in [4.78, 5) is 19.4. The largest absolute Gasteiger partial charge is 0.528 e. The van der Waals surface area contributed by atoms with Crippen molar-refractivity contribution >= 4 is 33.3 Å². The normalized spacial score (nSPS) is 9.13. The number of unbranched alkanes of at least 4 members (excludes halogenated alkanes) is 2. The molecular formula is C14H24N4O4Sn. The second-order valence-electron chi connectivity index (χ2n) is 4.62. The summed E-state index contributed by atoms with van der Waals surface area (Å²) >= 11 is 0.149. The van der Waals surface area contributed by atoms with Gasteiger partial charge in [-0.25, -0.2) is 9.36 Å². The second-order valence-corrected chi connectivity index (χ2v) is 8.90. The van der Waals surface area contributed by atoms with Gasteiger partial charge in [0, 0.05) is 24.8 Å². The Morgan fingerprint density at radius 2 is 1.26 bits per heavy atom. The summed E-state index contributed by atoms with van der Waals surface area (Å²) < 4.78 is 4.94. The molecule has 2 rings (SSSR count). The minimum absolute atomic E-state index is 0.149. The summed E-state index contributed by atoms with van der Waals surface area (Å²) in [5.41, 5.74) is 0. The monoisotopic (exact) mass is 432 g/mol. The van der Waals surface area contributed by atoms with E-state index in [0.29, 0.717) is 0 Å². The molecular weight excluding hydrogens is 407 g/mol. The molecule has 0 radical (unpaired) electrons. The summed E-state index contributed by atoms with van der Waals surface area (Å²) in [5, 5.41) is 24.0. The van der Waals surface area contributed by atoms with Crippen molar-refractivity contribution in [3.05, 3.63) is 24.8 Å². The first-order valence-corrected chi connectivity index (χ1v) is 11.6. The molecule has 0 unspecified atom stereocenters. The van der Waals surface area contributed by atoms with Crippen LogP contribution in [0, 0.1) is 0 Å². The predicted molar refractivity (Wildman–Crippen MR) is 84.3 cm³/mol. The number of H-pyrrole nitrogens is 2. The molecule has 0 atom stereocenters. The number of carbonyl (C=O) groups is 2. The van der Waals surface area contributed by atoms with Gasteiger partial charge < -0.3 is 19.8 Å². The van der Waals surface area contributed by atoms with E-state index < -0.39 is 12.2 Å². The van der Waals surface area contributed by atoms with E-state index in [4.69, 9.17) is 0 Å². The van der Waals surface area contributed by atoms with Gasteiger partial charge in [0.25, 0.3) is 0 Å². The van der Waals surface area contributed by atoms with Gasteiger partial charge in [0.2, 0.25) is 0 Å². The third-order valence-corrected chi connectivity index (χ3v) is 6.72. The van der Waals surface area contributed by atoms with Crippen LogP contribution in [-0.2, 0) is 0 Å². The van der Waals surface area contributed by atoms with Crippen molar-refractivity contribution < 1.29 is 19.8 Å². The molecule has 0 aliphatic rings. The Hall–Kier alpha value is -1.58. The maximum absolute atomic E-state index is 9.68. The Kier molecular flexibility index (Phi) is 13.1. The Labute approximate surface area is 146 Å². The number of nitrogens with one attached hydrogen (secondary N) is 2. The van der Waals surface area contributed by atoms with Crippen LogP contribution in [0.1, 0.15) is 39.5 Å². The number of rotatable bonds is 6. The minimum atomic E-state index is -1.23. The third-order valence-electron chi connectivity index (χ3n) is 2.68. The van der Waals surface area contributed by atoms with Crippen LogP contribution in [0.15, 0.2) is 24.8 Å². The molecule has 0 amide bonds. The minimum Gasteiger partial charge on any atom is -0.528 e. The SMILES string of the molecule is CCC[CH2][Sn+2][CH2]CCC.O=C([O-])n1cc[nH]1.O=C([O-])n1cc[nH]1. The van der Waals surface area contributed by atoms with E-state index in [-0.39, 0.29) is 21.1 Å². The summed E-state index contributed by atoms with van der Waals surface area (Å²) in [6, 6.07) is 0. The van der Waals surface area contributed by atoms with Gasteiger partial charge in [-0.1, -0.05) is 0 Å². The molecule has 2 aromatic heterocycles. The number of carboxylic acid groups (broad SMARTS) is 2. The molecule has 23 heavy (non-hydrogen) atoms. The topological polar surface area (TPSA) is 122 Å². The Morgan fingerprint density at radius 3 is 1.39 bits per heavy atom. The van der Waals surface area contributed by atoms with Crippen molar-refractivity contribution in [3.8, 4) is 0 Å². The van der Waals surface area contributed by atoms with Crippen LogP contribution in [0.5, 0.6) is 0 Å². The quantitative estimate of drug-likeness (QED) is 0.527. The number of hydrogen-bond donors (Lipinski definition) is 2. The molecule has 0 fully saturated rings. The molecule has 0 aliphatic heterocycles. The Bertz CT molecular complexity index is 452. The Balaban J connectivity index is 0.000000318. The average Bonchev–Trinajstić information content (AvgIpc) is 2.34. The van der Waals surface area contributed by atoms with Crippen LogP contribution in [0.2, 0.25) is 8.87 Å². The molecule has 0 aromatic carbocycles. The van der Waals surface area contributed by atoms with Crippen molar-refractivity contribution in [2.75, 3.05) is 0 Å². The standard InChI is InChI=1S/2C4H9.2C3H4N2O2.Sn/c2*1-3-4-2;2*6-3(7)5-2-1-4-5;/h2*1,3-4H2,2H3;2*1-2,4H,(H,6,7);/q;;;;+2/p-2. The van der Waals surface area contributed by atoms with Crippen LogP contribution in [-0.4, -0.2) is 52.9 Å². The van der Waals surface area contributed by atoms with Crippen molar-refractivity contribution in [1.29, 1.82) is 0 Å². The van der Waals surface area contributed by atoms with Crippen molar-refractivity contribution in [2.24, 2.45) is 0 Å². The zero-order chi connectivity index (χ0) is 17.5. The fourth-order valence-electron chi connectivity index (χ4n) is 1.25. The van der Waals surface area contributed by atoms with Crippen LogP contribution in [0.4, 0.5) is 9.59 Å². The smallest absolute Gasteiger partial charge is 0.161 e. The zero-order valence-corrected chi connectivity index (χ0v) is 16.4. The van der Waals surface area contributed by atoms with Gasteiger partial charge in [-0.15, -0.1) is 0 Å². The molecule has 9 heteroatoms. The van der Waals surface area contributed by atoms with Crippen LogP contribution >= 0.6 is 0 Å². The van der Waals surface area contributed by atoms with Crippen molar-refractivity contribution in [2.45, 2.75) is 48.4 Å². The van der Waals surface area contributed by atoms with Crippen LogP contribution in [0.25, 0.3) is 0 Å². The molecule has 2 N–H and O–H groups in total. The van der Waals surface area contributed by atoms with E-state index in [1.165, 1.54) is 50.5 Å².